The number of hydrogen-bond donors (Lipinski definition) is 1. The lowest BCUT2D eigenvalue weighted by Gasteiger charge is -2.18. The molecule has 190 valence electrons. The van der Waals surface area contributed by atoms with E-state index in [1.165, 1.54) is 11.8 Å². The number of rotatable bonds is 8. The highest BCUT2D eigenvalue weighted by Crippen LogP contribution is 2.33. The average Bonchev–Trinajstić information content (AvgIpc) is 2.94. The van der Waals surface area contributed by atoms with E-state index in [2.05, 4.69) is 19.2 Å². The van der Waals surface area contributed by atoms with E-state index in [0.29, 0.717) is 16.1 Å². The van der Waals surface area contributed by atoms with E-state index < -0.39 is 0 Å². The number of carbonyl (C=O) groups is 1. The number of fused-ring (bicyclic) bond motifs is 1. The molecule has 7 heteroatoms. The summed E-state index contributed by atoms with van der Waals surface area (Å²) in [7, 11) is 0. The van der Waals surface area contributed by atoms with E-state index in [0.717, 1.165) is 26.7 Å². The summed E-state index contributed by atoms with van der Waals surface area (Å²) in [4.78, 5) is 33.7. The van der Waals surface area contributed by atoms with Crippen LogP contribution in [0.15, 0.2) is 123 Å². The van der Waals surface area contributed by atoms with E-state index in [9.17, 15) is 9.59 Å². The minimum Gasteiger partial charge on any atom is -0.324 e. The molecule has 1 amide bonds. The molecule has 5 aromatic rings. The number of para-hydroxylation sites is 3. The molecular weight excluding hydrogens is 510 g/mol. The van der Waals surface area contributed by atoms with Gasteiger partial charge in [0.15, 0.2) is 5.16 Å². The molecule has 1 heterocycles. The van der Waals surface area contributed by atoms with Gasteiger partial charge in [0.1, 0.15) is 0 Å². The maximum atomic E-state index is 13.7. The maximum absolute atomic E-state index is 13.7. The first kappa shape index (κ1) is 25.8. The van der Waals surface area contributed by atoms with Gasteiger partial charge < -0.3 is 5.32 Å². The summed E-state index contributed by atoms with van der Waals surface area (Å²) in [5, 5.41) is 4.08. The maximum Gasteiger partial charge on any atom is 0.266 e. The fourth-order valence-corrected chi connectivity index (χ4v) is 5.92. The van der Waals surface area contributed by atoms with Crippen LogP contribution < -0.4 is 10.9 Å². The third-order valence-electron chi connectivity index (χ3n) is 6.01. The van der Waals surface area contributed by atoms with Crippen molar-refractivity contribution < 1.29 is 4.79 Å². The summed E-state index contributed by atoms with van der Waals surface area (Å²) in [5.74, 6) is 0.158. The standard InChI is InChI=1S/C31H27N3O2S2/c1-21(2)23-14-7-10-18-27(23)34-30(36)24-15-6-8-16-25(24)33-31(34)37-20-29(35)32-26-17-9-11-19-28(26)38-22-12-4-3-5-13-22/h3-19,21H,20H2,1-2H3,(H,32,35). The molecule has 0 spiro atoms. The number of nitrogens with zero attached hydrogens (tertiary/aromatic N) is 2. The molecule has 4 aromatic carbocycles. The van der Waals surface area contributed by atoms with Gasteiger partial charge in [-0.2, -0.15) is 0 Å². The van der Waals surface area contributed by atoms with Gasteiger partial charge >= 0.3 is 0 Å². The monoisotopic (exact) mass is 537 g/mol. The quantitative estimate of drug-likeness (QED) is 0.165. The van der Waals surface area contributed by atoms with Crippen molar-refractivity contribution in [3.63, 3.8) is 0 Å². The summed E-state index contributed by atoms with van der Waals surface area (Å²) in [5.41, 5.74) is 3.06. The topological polar surface area (TPSA) is 64.0 Å². The third kappa shape index (κ3) is 5.69. The van der Waals surface area contributed by atoms with Crippen molar-refractivity contribution in [3.05, 3.63) is 119 Å². The van der Waals surface area contributed by atoms with Crippen molar-refractivity contribution >= 4 is 46.0 Å². The number of hydrogen-bond acceptors (Lipinski definition) is 5. The van der Waals surface area contributed by atoms with Gasteiger partial charge in [-0.3, -0.25) is 14.2 Å². The Labute approximate surface area is 230 Å². The number of nitrogens with one attached hydrogen (secondary N) is 1. The fourth-order valence-electron chi connectivity index (χ4n) is 4.19. The normalized spacial score (nSPS) is 11.1. The van der Waals surface area contributed by atoms with Crippen molar-refractivity contribution in [2.24, 2.45) is 0 Å². The first-order chi connectivity index (χ1) is 18.5. The number of amides is 1. The van der Waals surface area contributed by atoms with Crippen molar-refractivity contribution in [1.82, 2.24) is 9.55 Å². The SMILES string of the molecule is CC(C)c1ccccc1-n1c(SCC(=O)Nc2ccccc2Sc2ccccc2)nc2ccccc2c1=O. The molecule has 0 radical (unpaired) electrons. The molecule has 0 aliphatic carbocycles. The molecule has 0 unspecified atom stereocenters. The molecule has 5 rings (SSSR count). The second-order valence-corrected chi connectivity index (χ2v) is 11.1. The van der Waals surface area contributed by atoms with Crippen molar-refractivity contribution in [2.75, 3.05) is 11.1 Å². The van der Waals surface area contributed by atoms with Crippen LogP contribution in [0.5, 0.6) is 0 Å². The van der Waals surface area contributed by atoms with Crippen LogP contribution in [-0.2, 0) is 4.79 Å². The molecule has 0 bridgehead atoms. The van der Waals surface area contributed by atoms with Crippen LogP contribution >= 0.6 is 23.5 Å². The minimum absolute atomic E-state index is 0.110. The molecule has 0 atom stereocenters. The molecule has 0 saturated heterocycles. The van der Waals surface area contributed by atoms with Gasteiger partial charge in [0.2, 0.25) is 5.91 Å². The number of benzene rings is 4. The molecule has 5 nitrogen and oxygen atoms in total. The molecule has 38 heavy (non-hydrogen) atoms. The lowest BCUT2D eigenvalue weighted by molar-refractivity contribution is -0.113. The Kier molecular flexibility index (Phi) is 7.96. The highest BCUT2D eigenvalue weighted by Gasteiger charge is 2.18. The molecule has 0 fully saturated rings. The van der Waals surface area contributed by atoms with Crippen LogP contribution in [0, 0.1) is 0 Å². The lowest BCUT2D eigenvalue weighted by Crippen LogP contribution is -2.24. The van der Waals surface area contributed by atoms with Gasteiger partial charge in [0.25, 0.3) is 5.56 Å². The zero-order valence-electron chi connectivity index (χ0n) is 21.1. The van der Waals surface area contributed by atoms with Gasteiger partial charge in [0, 0.05) is 9.79 Å². The zero-order valence-corrected chi connectivity index (χ0v) is 22.8. The first-order valence-electron chi connectivity index (χ1n) is 12.4. The van der Waals surface area contributed by atoms with Gasteiger partial charge in [-0.25, -0.2) is 4.98 Å². The van der Waals surface area contributed by atoms with Gasteiger partial charge in [0.05, 0.1) is 28.0 Å². The fraction of sp³-hybridized carbons (Fsp3) is 0.129. The number of anilines is 1. The first-order valence-corrected chi connectivity index (χ1v) is 14.2. The Morgan fingerprint density at radius 1 is 0.868 bits per heavy atom. The number of aromatic nitrogens is 2. The Morgan fingerprint density at radius 3 is 2.37 bits per heavy atom. The Bertz CT molecular complexity index is 1650. The molecule has 0 aliphatic rings. The van der Waals surface area contributed by atoms with Crippen molar-refractivity contribution in [3.8, 4) is 5.69 Å². The van der Waals surface area contributed by atoms with E-state index in [1.807, 2.05) is 97.1 Å². The van der Waals surface area contributed by atoms with E-state index in [1.54, 1.807) is 22.4 Å². The predicted molar refractivity (Wildman–Crippen MR) is 158 cm³/mol. The molecule has 0 aliphatic heterocycles. The second kappa shape index (κ2) is 11.7. The zero-order chi connectivity index (χ0) is 26.5. The van der Waals surface area contributed by atoms with E-state index in [4.69, 9.17) is 4.98 Å². The highest BCUT2D eigenvalue weighted by molar-refractivity contribution is 8.00. The Balaban J connectivity index is 1.44. The Morgan fingerprint density at radius 2 is 1.55 bits per heavy atom. The van der Waals surface area contributed by atoms with Gasteiger partial charge in [-0.15, -0.1) is 0 Å². The van der Waals surface area contributed by atoms with Crippen LogP contribution in [0.2, 0.25) is 0 Å². The Hall–Kier alpha value is -3.81. The summed E-state index contributed by atoms with van der Waals surface area (Å²) < 4.78 is 1.65. The van der Waals surface area contributed by atoms with Crippen LogP contribution in [0.3, 0.4) is 0 Å². The van der Waals surface area contributed by atoms with Crippen LogP contribution in [0.4, 0.5) is 5.69 Å². The smallest absolute Gasteiger partial charge is 0.266 e. The number of carbonyl (C=O) groups excluding carboxylic acids is 1. The summed E-state index contributed by atoms with van der Waals surface area (Å²) in [6, 6.07) is 33.0. The largest absolute Gasteiger partial charge is 0.324 e. The van der Waals surface area contributed by atoms with Crippen molar-refractivity contribution in [2.45, 2.75) is 34.7 Å². The van der Waals surface area contributed by atoms with Crippen LogP contribution in [0.25, 0.3) is 16.6 Å². The average molecular weight is 538 g/mol. The second-order valence-electron chi connectivity index (χ2n) is 9.01. The molecular formula is C31H27N3O2S2. The van der Waals surface area contributed by atoms with E-state index >= 15 is 0 Å². The summed E-state index contributed by atoms with van der Waals surface area (Å²) >= 11 is 2.86. The summed E-state index contributed by atoms with van der Waals surface area (Å²) in [6.45, 7) is 4.20. The molecule has 0 saturated carbocycles. The third-order valence-corrected chi connectivity index (χ3v) is 8.03. The lowest BCUT2D eigenvalue weighted by atomic mass is 10.0. The highest BCUT2D eigenvalue weighted by atomic mass is 32.2. The molecule has 1 aromatic heterocycles. The predicted octanol–water partition coefficient (Wildman–Crippen LogP) is 7.39. The van der Waals surface area contributed by atoms with Gasteiger partial charge in [-0.1, -0.05) is 98.0 Å². The van der Waals surface area contributed by atoms with Gasteiger partial charge in [-0.05, 0) is 53.9 Å². The van der Waals surface area contributed by atoms with Crippen LogP contribution in [-0.4, -0.2) is 21.2 Å². The summed E-state index contributed by atoms with van der Waals surface area (Å²) in [6.07, 6.45) is 0. The van der Waals surface area contributed by atoms with Crippen molar-refractivity contribution in [1.29, 1.82) is 0 Å². The van der Waals surface area contributed by atoms with Crippen LogP contribution in [0.1, 0.15) is 25.3 Å². The molecule has 1 N–H and O–H groups in total. The van der Waals surface area contributed by atoms with E-state index in [-0.39, 0.29) is 23.1 Å². The number of thioether (sulfide) groups is 1. The minimum atomic E-state index is -0.165.